The molecule has 0 aromatic carbocycles. The van der Waals surface area contributed by atoms with E-state index in [2.05, 4.69) is 33.8 Å². The average Bonchev–Trinajstić information content (AvgIpc) is 1.67. The topological polar surface area (TPSA) is 0 Å². The van der Waals surface area contributed by atoms with Crippen LogP contribution in [0.15, 0.2) is 12.2 Å². The summed E-state index contributed by atoms with van der Waals surface area (Å²) in [6.45, 7) is 10.3. The third-order valence-electron chi connectivity index (χ3n) is 1.21. The maximum Gasteiger partial charge on any atom is 1.00 e. The van der Waals surface area contributed by atoms with Crippen LogP contribution in [0.3, 0.4) is 0 Å². The van der Waals surface area contributed by atoms with Crippen LogP contribution in [0.1, 0.15) is 27.2 Å². The number of hydrogen-bond acceptors (Lipinski definition) is 0. The molecule has 0 spiro atoms. The van der Waals surface area contributed by atoms with Gasteiger partial charge in [-0.1, -0.05) is 32.9 Å². The van der Waals surface area contributed by atoms with Gasteiger partial charge >= 0.3 is 51.4 Å². The zero-order chi connectivity index (χ0) is 6.57. The van der Waals surface area contributed by atoms with Crippen molar-refractivity contribution in [1.82, 2.24) is 0 Å². The number of hydrogen-bond donors (Lipinski definition) is 0. The molecule has 0 atom stereocenters. The van der Waals surface area contributed by atoms with E-state index in [-0.39, 0.29) is 51.4 Å². The van der Waals surface area contributed by atoms with Crippen LogP contribution in [0.25, 0.3) is 0 Å². The summed E-state index contributed by atoms with van der Waals surface area (Å²) in [4.78, 5) is 0. The minimum atomic E-state index is 0. The van der Waals surface area contributed by atoms with Gasteiger partial charge in [-0.15, -0.1) is 0 Å². The Balaban J connectivity index is 0. The largest absolute Gasteiger partial charge is 1.00 e. The van der Waals surface area contributed by atoms with Gasteiger partial charge in [-0.25, -0.2) is 0 Å². The van der Waals surface area contributed by atoms with Gasteiger partial charge in [-0.05, 0) is 18.8 Å². The average molecular weight is 150 g/mol. The Morgan fingerprint density at radius 1 is 1.56 bits per heavy atom. The summed E-state index contributed by atoms with van der Waals surface area (Å²) in [5.41, 5.74) is 1.26. The van der Waals surface area contributed by atoms with Crippen molar-refractivity contribution in [3.8, 4) is 0 Å². The number of allylic oxidation sites excluding steroid dienone is 1. The Kier molecular flexibility index (Phi) is 10.8. The van der Waals surface area contributed by atoms with E-state index in [1.54, 1.807) is 0 Å². The molecule has 0 nitrogen and oxygen atoms in total. The fraction of sp³-hybridized carbons (Fsp3) is 0.625. The van der Waals surface area contributed by atoms with E-state index in [0.717, 1.165) is 6.42 Å². The predicted molar refractivity (Wildman–Crippen MR) is 38.6 cm³/mol. The van der Waals surface area contributed by atoms with Gasteiger partial charge < -0.3 is 0 Å². The van der Waals surface area contributed by atoms with E-state index in [9.17, 15) is 0 Å². The second-order valence-corrected chi connectivity index (χ2v) is 2.34. The molecule has 0 N–H and O–H groups in total. The molecule has 0 aliphatic rings. The molecule has 0 amide bonds. The second kappa shape index (κ2) is 7.48. The van der Waals surface area contributed by atoms with Gasteiger partial charge in [0.2, 0.25) is 0 Å². The second-order valence-electron chi connectivity index (χ2n) is 2.34. The molecule has 0 aromatic heterocycles. The van der Waals surface area contributed by atoms with Gasteiger partial charge in [0.1, 0.15) is 0 Å². The summed E-state index contributed by atoms with van der Waals surface area (Å²) in [5, 5.41) is 0. The summed E-state index contributed by atoms with van der Waals surface area (Å²) >= 11 is 0. The van der Waals surface area contributed by atoms with Crippen molar-refractivity contribution in [2.24, 2.45) is 5.92 Å². The maximum absolute atomic E-state index is 3.89. The Morgan fingerprint density at radius 2 is 2.00 bits per heavy atom. The molecule has 1 heteroatoms. The molecule has 0 aliphatic carbocycles. The third kappa shape index (κ3) is 7.27. The maximum atomic E-state index is 3.89. The monoisotopic (exact) mass is 150 g/mol. The van der Waals surface area contributed by atoms with Crippen LogP contribution in [-0.4, -0.2) is 0 Å². The summed E-state index contributed by atoms with van der Waals surface area (Å²) in [6.07, 6.45) is 3.28. The van der Waals surface area contributed by atoms with Crippen molar-refractivity contribution in [3.05, 3.63) is 18.6 Å². The molecular formula is C8H15K+. The molecule has 0 aromatic rings. The van der Waals surface area contributed by atoms with Crippen LogP contribution in [0.4, 0.5) is 0 Å². The zero-order valence-electron chi connectivity index (χ0n) is 7.07. The van der Waals surface area contributed by atoms with E-state index in [1.807, 2.05) is 0 Å². The van der Waals surface area contributed by atoms with Crippen molar-refractivity contribution < 1.29 is 51.4 Å². The summed E-state index contributed by atoms with van der Waals surface area (Å²) in [6, 6.07) is 0. The molecule has 1 radical (unpaired) electrons. The smallest absolute Gasteiger partial charge is 0.0993 e. The molecule has 0 rings (SSSR count). The third-order valence-corrected chi connectivity index (χ3v) is 1.21. The van der Waals surface area contributed by atoms with Gasteiger partial charge in [0.15, 0.2) is 0 Å². The van der Waals surface area contributed by atoms with Gasteiger partial charge in [0, 0.05) is 0 Å². The Labute approximate surface area is 102 Å². The SMILES string of the molecule is C=C([CH]CC)C(C)C.[K+]. The zero-order valence-corrected chi connectivity index (χ0v) is 10.2. The first kappa shape index (κ1) is 13.0. The summed E-state index contributed by atoms with van der Waals surface area (Å²) in [5.74, 6) is 0.620. The van der Waals surface area contributed by atoms with Gasteiger partial charge in [-0.3, -0.25) is 0 Å². The Bertz CT molecular complexity index is 74.6. The fourth-order valence-corrected chi connectivity index (χ4v) is 0.498. The predicted octanol–water partition coefficient (Wildman–Crippen LogP) is -0.183. The van der Waals surface area contributed by atoms with Crippen LogP contribution in [0.5, 0.6) is 0 Å². The summed E-state index contributed by atoms with van der Waals surface area (Å²) < 4.78 is 0. The molecule has 0 heterocycles. The standard InChI is InChI=1S/C8H15.K/c1-5-6-8(4)7(2)3;/h6-7H,4-5H2,1-3H3;/q;+1. The van der Waals surface area contributed by atoms with Gasteiger partial charge in [-0.2, -0.15) is 0 Å². The van der Waals surface area contributed by atoms with Crippen molar-refractivity contribution in [2.75, 3.05) is 0 Å². The molecule has 0 saturated carbocycles. The fourth-order valence-electron chi connectivity index (χ4n) is 0.498. The molecule has 0 fully saturated rings. The molecule has 0 saturated heterocycles. The van der Waals surface area contributed by atoms with Crippen molar-refractivity contribution in [1.29, 1.82) is 0 Å². The molecule has 47 valence electrons. The van der Waals surface area contributed by atoms with Crippen LogP contribution in [-0.2, 0) is 0 Å². The first-order valence-electron chi connectivity index (χ1n) is 3.20. The van der Waals surface area contributed by atoms with E-state index in [1.165, 1.54) is 5.57 Å². The Morgan fingerprint density at radius 3 is 2.11 bits per heavy atom. The molecule has 0 aliphatic heterocycles. The van der Waals surface area contributed by atoms with Crippen LogP contribution >= 0.6 is 0 Å². The molecule has 0 bridgehead atoms. The van der Waals surface area contributed by atoms with Gasteiger partial charge in [0.05, 0.1) is 0 Å². The van der Waals surface area contributed by atoms with E-state index in [0.29, 0.717) is 5.92 Å². The van der Waals surface area contributed by atoms with Crippen molar-refractivity contribution >= 4 is 0 Å². The minimum Gasteiger partial charge on any atom is -0.0993 e. The molecule has 9 heavy (non-hydrogen) atoms. The van der Waals surface area contributed by atoms with E-state index < -0.39 is 0 Å². The first-order valence-corrected chi connectivity index (χ1v) is 3.20. The van der Waals surface area contributed by atoms with E-state index >= 15 is 0 Å². The van der Waals surface area contributed by atoms with Crippen LogP contribution < -0.4 is 51.4 Å². The Hall–Kier alpha value is 1.38. The minimum absolute atomic E-state index is 0. The first-order chi connectivity index (χ1) is 3.68. The van der Waals surface area contributed by atoms with E-state index in [4.69, 9.17) is 0 Å². The number of rotatable bonds is 3. The van der Waals surface area contributed by atoms with Crippen molar-refractivity contribution in [3.63, 3.8) is 0 Å². The van der Waals surface area contributed by atoms with Gasteiger partial charge in [0.25, 0.3) is 0 Å². The summed E-state index contributed by atoms with van der Waals surface area (Å²) in [7, 11) is 0. The normalized spacial score (nSPS) is 8.89. The molecule has 0 unspecified atom stereocenters. The quantitative estimate of drug-likeness (QED) is 0.490. The van der Waals surface area contributed by atoms with Crippen LogP contribution in [0, 0.1) is 12.3 Å². The van der Waals surface area contributed by atoms with Crippen molar-refractivity contribution in [2.45, 2.75) is 27.2 Å². The van der Waals surface area contributed by atoms with Crippen LogP contribution in [0.2, 0.25) is 0 Å². The molecular weight excluding hydrogens is 135 g/mol.